The van der Waals surface area contributed by atoms with Crippen molar-refractivity contribution in [2.24, 2.45) is 23.7 Å². The third kappa shape index (κ3) is 2.25. The Kier molecular flexibility index (Phi) is 3.35. The van der Waals surface area contributed by atoms with Crippen LogP contribution in [0.5, 0.6) is 0 Å². The first-order chi connectivity index (χ1) is 9.33. The van der Waals surface area contributed by atoms with Crippen LogP contribution in [-0.2, 0) is 0 Å². The van der Waals surface area contributed by atoms with Crippen molar-refractivity contribution in [1.29, 1.82) is 0 Å². The third-order valence-electron chi connectivity index (χ3n) is 6.62. The molecule has 1 unspecified atom stereocenters. The minimum absolute atomic E-state index is 0.789. The highest BCUT2D eigenvalue weighted by Crippen LogP contribution is 2.55. The van der Waals surface area contributed by atoms with Crippen LogP contribution < -0.4 is 5.32 Å². The Morgan fingerprint density at radius 1 is 1.00 bits per heavy atom. The van der Waals surface area contributed by atoms with E-state index in [9.17, 15) is 0 Å². The van der Waals surface area contributed by atoms with Gasteiger partial charge in [-0.25, -0.2) is 0 Å². The summed E-state index contributed by atoms with van der Waals surface area (Å²) in [4.78, 5) is 2.87. The number of hydrogen-bond donors (Lipinski definition) is 1. The van der Waals surface area contributed by atoms with Crippen molar-refractivity contribution in [3.05, 3.63) is 0 Å². The van der Waals surface area contributed by atoms with Crippen molar-refractivity contribution >= 4 is 0 Å². The summed E-state index contributed by atoms with van der Waals surface area (Å²) in [6.45, 7) is 6.23. The summed E-state index contributed by atoms with van der Waals surface area (Å²) in [5.74, 6) is 4.33. The molecule has 0 aromatic rings. The zero-order valence-electron chi connectivity index (χ0n) is 12.5. The topological polar surface area (TPSA) is 15.3 Å². The van der Waals surface area contributed by atoms with Gasteiger partial charge in [-0.15, -0.1) is 0 Å². The molecule has 0 aromatic heterocycles. The molecule has 4 aliphatic carbocycles. The predicted octanol–water partition coefficient (Wildman–Crippen LogP) is 2.89. The van der Waals surface area contributed by atoms with Crippen LogP contribution in [0.3, 0.4) is 0 Å². The summed E-state index contributed by atoms with van der Waals surface area (Å²) < 4.78 is 0. The van der Waals surface area contributed by atoms with E-state index in [2.05, 4.69) is 17.1 Å². The van der Waals surface area contributed by atoms with Crippen LogP contribution in [0.1, 0.15) is 51.9 Å². The highest BCUT2D eigenvalue weighted by atomic mass is 15.2. The van der Waals surface area contributed by atoms with Crippen LogP contribution in [0.25, 0.3) is 0 Å². The molecule has 2 nitrogen and oxygen atoms in total. The normalized spacial score (nSPS) is 48.3. The molecule has 5 fully saturated rings. The summed E-state index contributed by atoms with van der Waals surface area (Å²) in [5.41, 5.74) is 0. The van der Waals surface area contributed by atoms with Crippen molar-refractivity contribution < 1.29 is 0 Å². The molecule has 1 N–H and O–H groups in total. The molecule has 1 aliphatic heterocycles. The van der Waals surface area contributed by atoms with Gasteiger partial charge in [0.1, 0.15) is 0 Å². The molecule has 4 bridgehead atoms. The van der Waals surface area contributed by atoms with E-state index >= 15 is 0 Å². The van der Waals surface area contributed by atoms with Crippen LogP contribution in [0.2, 0.25) is 0 Å². The average Bonchev–Trinajstić information content (AvgIpc) is 2.89. The van der Waals surface area contributed by atoms with Gasteiger partial charge < -0.3 is 5.32 Å². The Bertz CT molecular complexity index is 293. The standard InChI is InChI=1S/C17H30N2/c1-2-19(11-16-4-3-5-18-16)17-14-7-12-6-13(9-14)10-15(17)8-12/h12-18H,2-11H2,1H3. The molecule has 1 heterocycles. The first kappa shape index (κ1) is 12.6. The highest BCUT2D eigenvalue weighted by molar-refractivity contribution is 5.02. The van der Waals surface area contributed by atoms with Gasteiger partial charge in [0.2, 0.25) is 0 Å². The largest absolute Gasteiger partial charge is 0.313 e. The average molecular weight is 262 g/mol. The van der Waals surface area contributed by atoms with E-state index in [1.54, 1.807) is 32.1 Å². The van der Waals surface area contributed by atoms with Gasteiger partial charge in [-0.2, -0.15) is 0 Å². The maximum absolute atomic E-state index is 3.70. The fourth-order valence-electron chi connectivity index (χ4n) is 6.15. The first-order valence-electron chi connectivity index (χ1n) is 8.81. The number of nitrogens with one attached hydrogen (secondary N) is 1. The van der Waals surface area contributed by atoms with E-state index < -0.39 is 0 Å². The van der Waals surface area contributed by atoms with Gasteiger partial charge in [0.25, 0.3) is 0 Å². The van der Waals surface area contributed by atoms with E-state index in [1.807, 2.05) is 0 Å². The molecule has 0 spiro atoms. The molecular formula is C17H30N2. The fraction of sp³-hybridized carbons (Fsp3) is 1.00. The quantitative estimate of drug-likeness (QED) is 0.838. The summed E-state index contributed by atoms with van der Waals surface area (Å²) >= 11 is 0. The maximum Gasteiger partial charge on any atom is 0.0195 e. The highest BCUT2D eigenvalue weighted by Gasteiger charge is 2.49. The zero-order valence-corrected chi connectivity index (χ0v) is 12.5. The molecule has 4 saturated carbocycles. The molecule has 19 heavy (non-hydrogen) atoms. The summed E-state index contributed by atoms with van der Waals surface area (Å²) in [5, 5.41) is 3.70. The minimum atomic E-state index is 0.789. The Labute approximate surface area is 118 Å². The molecule has 5 rings (SSSR count). The monoisotopic (exact) mass is 262 g/mol. The van der Waals surface area contributed by atoms with Crippen LogP contribution in [0.15, 0.2) is 0 Å². The zero-order chi connectivity index (χ0) is 12.8. The van der Waals surface area contributed by atoms with Crippen LogP contribution in [0, 0.1) is 23.7 Å². The van der Waals surface area contributed by atoms with Crippen molar-refractivity contribution in [3.8, 4) is 0 Å². The van der Waals surface area contributed by atoms with Crippen LogP contribution in [0.4, 0.5) is 0 Å². The van der Waals surface area contributed by atoms with Crippen molar-refractivity contribution in [1.82, 2.24) is 10.2 Å². The van der Waals surface area contributed by atoms with Crippen LogP contribution >= 0.6 is 0 Å². The minimum Gasteiger partial charge on any atom is -0.313 e. The summed E-state index contributed by atoms with van der Waals surface area (Å²) in [6, 6.07) is 1.73. The van der Waals surface area contributed by atoms with Crippen LogP contribution in [-0.4, -0.2) is 36.6 Å². The lowest BCUT2D eigenvalue weighted by molar-refractivity contribution is -0.0656. The van der Waals surface area contributed by atoms with E-state index in [0.717, 1.165) is 35.8 Å². The van der Waals surface area contributed by atoms with Gasteiger partial charge in [0.15, 0.2) is 0 Å². The molecule has 1 saturated heterocycles. The molecular weight excluding hydrogens is 232 g/mol. The second kappa shape index (κ2) is 5.04. The number of rotatable bonds is 4. The second-order valence-electron chi connectivity index (χ2n) is 7.80. The predicted molar refractivity (Wildman–Crippen MR) is 79.1 cm³/mol. The Hall–Kier alpha value is -0.0800. The first-order valence-corrected chi connectivity index (χ1v) is 8.81. The number of nitrogens with zero attached hydrogens (tertiary/aromatic N) is 1. The lowest BCUT2D eigenvalue weighted by Gasteiger charge is -2.57. The SMILES string of the molecule is CCN(CC1CCCN1)C1C2CC3CC(C2)CC1C3. The van der Waals surface area contributed by atoms with E-state index in [-0.39, 0.29) is 0 Å². The summed E-state index contributed by atoms with van der Waals surface area (Å²) in [6.07, 6.45) is 10.6. The number of likely N-dealkylation sites (N-methyl/N-ethyl adjacent to an activating group) is 1. The molecule has 2 heteroatoms. The molecule has 108 valence electrons. The van der Waals surface area contributed by atoms with Crippen molar-refractivity contribution in [2.45, 2.75) is 64.0 Å². The summed E-state index contributed by atoms with van der Waals surface area (Å²) in [7, 11) is 0. The van der Waals surface area contributed by atoms with Gasteiger partial charge in [-0.05, 0) is 81.7 Å². The fourth-order valence-corrected chi connectivity index (χ4v) is 6.15. The van der Waals surface area contributed by atoms with E-state index in [1.165, 1.54) is 32.5 Å². The lowest BCUT2D eigenvalue weighted by atomic mass is 9.54. The Morgan fingerprint density at radius 2 is 1.68 bits per heavy atom. The van der Waals surface area contributed by atoms with E-state index in [0.29, 0.717) is 0 Å². The van der Waals surface area contributed by atoms with Crippen molar-refractivity contribution in [2.75, 3.05) is 19.6 Å². The smallest absolute Gasteiger partial charge is 0.0195 e. The molecule has 0 amide bonds. The molecule has 0 radical (unpaired) electrons. The Morgan fingerprint density at radius 3 is 2.21 bits per heavy atom. The number of hydrogen-bond acceptors (Lipinski definition) is 2. The maximum atomic E-state index is 3.70. The van der Waals surface area contributed by atoms with Gasteiger partial charge >= 0.3 is 0 Å². The molecule has 5 aliphatic rings. The van der Waals surface area contributed by atoms with Gasteiger partial charge in [0.05, 0.1) is 0 Å². The van der Waals surface area contributed by atoms with E-state index in [4.69, 9.17) is 0 Å². The lowest BCUT2D eigenvalue weighted by Crippen LogP contribution is -2.57. The third-order valence-corrected chi connectivity index (χ3v) is 6.62. The molecule has 1 atom stereocenters. The van der Waals surface area contributed by atoms with Gasteiger partial charge in [-0.1, -0.05) is 6.92 Å². The Balaban J connectivity index is 1.47. The van der Waals surface area contributed by atoms with Crippen molar-refractivity contribution in [3.63, 3.8) is 0 Å². The second-order valence-corrected chi connectivity index (χ2v) is 7.80. The molecule has 0 aromatic carbocycles. The van der Waals surface area contributed by atoms with Gasteiger partial charge in [0, 0.05) is 18.6 Å². The van der Waals surface area contributed by atoms with Gasteiger partial charge in [-0.3, -0.25) is 4.90 Å².